The van der Waals surface area contributed by atoms with Crippen molar-refractivity contribution in [3.63, 3.8) is 0 Å². The van der Waals surface area contributed by atoms with Gasteiger partial charge in [-0.2, -0.15) is 0 Å². The Kier molecular flexibility index (Phi) is 8.09. The van der Waals surface area contributed by atoms with Crippen LogP contribution in [-0.4, -0.2) is 10.8 Å². The first-order chi connectivity index (χ1) is 9.46. The number of hydrogen-bond acceptors (Lipinski definition) is 4. The molecule has 0 radical (unpaired) electrons. The Labute approximate surface area is 118 Å². The van der Waals surface area contributed by atoms with Crippen LogP contribution in [0, 0.1) is 10.1 Å². The van der Waals surface area contributed by atoms with Crippen LogP contribution in [0.25, 0.3) is 0 Å². The molecule has 0 atom stereocenters. The summed E-state index contributed by atoms with van der Waals surface area (Å²) in [4.78, 5) is 21.5. The number of nitrogens with zero attached hydrogens (tertiary/aromatic N) is 1. The number of carbonyl (C=O) groups is 1. The van der Waals surface area contributed by atoms with Gasteiger partial charge in [-0.3, -0.25) is 14.9 Å². The minimum Gasteiger partial charge on any atom is -0.396 e. The standard InChI is InChI=1S/C14H18N2O4/c1-5-8-10-12(9-6-2)15-14(17)13(7-3)20-11(4)16(18)19/h5-10H,4H2,1-3H3,(H,15,17)/b8-5-,9-6-,12-10+,13-7-. The van der Waals surface area contributed by atoms with E-state index in [1.165, 1.54) is 13.0 Å². The molecule has 0 saturated heterocycles. The number of nitrogens with one attached hydrogen (secondary N) is 1. The zero-order chi connectivity index (χ0) is 15.5. The lowest BCUT2D eigenvalue weighted by atomic mass is 10.3. The highest BCUT2D eigenvalue weighted by Gasteiger charge is 2.17. The summed E-state index contributed by atoms with van der Waals surface area (Å²) in [7, 11) is 0. The molecule has 0 aliphatic carbocycles. The van der Waals surface area contributed by atoms with E-state index < -0.39 is 16.7 Å². The van der Waals surface area contributed by atoms with E-state index in [4.69, 9.17) is 4.74 Å². The van der Waals surface area contributed by atoms with Gasteiger partial charge in [-0.05, 0) is 39.0 Å². The lowest BCUT2D eigenvalue weighted by Crippen LogP contribution is -2.25. The molecule has 6 nitrogen and oxygen atoms in total. The van der Waals surface area contributed by atoms with Gasteiger partial charge in [0.1, 0.15) is 4.92 Å². The summed E-state index contributed by atoms with van der Waals surface area (Å²) >= 11 is 0. The van der Waals surface area contributed by atoms with Gasteiger partial charge in [0, 0.05) is 12.3 Å². The lowest BCUT2D eigenvalue weighted by molar-refractivity contribution is -0.458. The maximum atomic E-state index is 11.9. The average Bonchev–Trinajstić information content (AvgIpc) is 2.41. The molecule has 0 spiro atoms. The van der Waals surface area contributed by atoms with E-state index in [0.29, 0.717) is 5.70 Å². The molecule has 0 aromatic carbocycles. The van der Waals surface area contributed by atoms with Crippen molar-refractivity contribution in [2.45, 2.75) is 20.8 Å². The average molecular weight is 278 g/mol. The zero-order valence-corrected chi connectivity index (χ0v) is 11.8. The first kappa shape index (κ1) is 17.4. The van der Waals surface area contributed by atoms with Crippen molar-refractivity contribution in [2.75, 3.05) is 0 Å². The number of nitro groups is 1. The summed E-state index contributed by atoms with van der Waals surface area (Å²) in [6, 6.07) is 0. The predicted octanol–water partition coefficient (Wildman–Crippen LogP) is 2.81. The molecule has 6 heteroatoms. The smallest absolute Gasteiger partial charge is 0.396 e. The molecule has 0 aliphatic rings. The summed E-state index contributed by atoms with van der Waals surface area (Å²) in [6.45, 7) is 8.29. The number of ether oxygens (including phenoxy) is 1. The van der Waals surface area contributed by atoms with Crippen molar-refractivity contribution in [2.24, 2.45) is 0 Å². The van der Waals surface area contributed by atoms with Gasteiger partial charge in [0.05, 0.1) is 0 Å². The molecule has 0 heterocycles. The molecular weight excluding hydrogens is 260 g/mol. The third kappa shape index (κ3) is 6.34. The Balaban J connectivity index is 4.94. The number of rotatable bonds is 7. The van der Waals surface area contributed by atoms with Crippen LogP contribution in [0.4, 0.5) is 0 Å². The summed E-state index contributed by atoms with van der Waals surface area (Å²) in [5.41, 5.74) is 0.533. The van der Waals surface area contributed by atoms with E-state index in [0.717, 1.165) is 0 Å². The van der Waals surface area contributed by atoms with Crippen molar-refractivity contribution in [3.05, 3.63) is 70.5 Å². The molecular formula is C14H18N2O4. The molecule has 0 aliphatic heterocycles. The van der Waals surface area contributed by atoms with Gasteiger partial charge >= 0.3 is 5.88 Å². The minimum absolute atomic E-state index is 0.192. The molecule has 1 amide bonds. The Hall–Kier alpha value is -2.63. The fraction of sp³-hybridized carbons (Fsp3) is 0.214. The third-order valence-corrected chi connectivity index (χ3v) is 1.99. The zero-order valence-electron chi connectivity index (χ0n) is 11.8. The van der Waals surface area contributed by atoms with Crippen molar-refractivity contribution in [3.8, 4) is 0 Å². The van der Waals surface area contributed by atoms with Crippen LogP contribution >= 0.6 is 0 Å². The van der Waals surface area contributed by atoms with E-state index in [9.17, 15) is 14.9 Å². The summed E-state index contributed by atoms with van der Waals surface area (Å²) in [5, 5.41) is 13.0. The normalized spacial score (nSPS) is 12.8. The van der Waals surface area contributed by atoms with Crippen LogP contribution in [0.1, 0.15) is 20.8 Å². The molecule has 20 heavy (non-hydrogen) atoms. The quantitative estimate of drug-likeness (QED) is 0.255. The van der Waals surface area contributed by atoms with Crippen LogP contribution < -0.4 is 5.32 Å². The summed E-state index contributed by atoms with van der Waals surface area (Å²) in [5.74, 6) is -1.50. The monoisotopic (exact) mass is 278 g/mol. The van der Waals surface area contributed by atoms with E-state index in [1.807, 2.05) is 6.92 Å². The fourth-order valence-corrected chi connectivity index (χ4v) is 1.11. The van der Waals surface area contributed by atoms with Gasteiger partial charge in [-0.25, -0.2) is 0 Å². The number of hydrogen-bond donors (Lipinski definition) is 1. The van der Waals surface area contributed by atoms with Crippen molar-refractivity contribution >= 4 is 5.91 Å². The van der Waals surface area contributed by atoms with Crippen LogP contribution in [0.2, 0.25) is 0 Å². The van der Waals surface area contributed by atoms with Crippen LogP contribution in [0.5, 0.6) is 0 Å². The molecule has 0 unspecified atom stereocenters. The second kappa shape index (κ2) is 9.32. The SMILES string of the molecule is C=C(O/C(=C\C)C(=O)NC(/C=C\C)=C/C=C\C)[N+](=O)[O-]. The van der Waals surface area contributed by atoms with E-state index in [1.54, 1.807) is 37.3 Å². The Bertz CT molecular complexity index is 499. The molecule has 0 bridgehead atoms. The van der Waals surface area contributed by atoms with Crippen molar-refractivity contribution in [1.29, 1.82) is 0 Å². The maximum Gasteiger partial charge on any atom is 0.426 e. The molecule has 0 saturated carbocycles. The first-order valence-corrected chi connectivity index (χ1v) is 5.90. The molecule has 1 N–H and O–H groups in total. The fourth-order valence-electron chi connectivity index (χ4n) is 1.11. The largest absolute Gasteiger partial charge is 0.426 e. The highest BCUT2D eigenvalue weighted by Crippen LogP contribution is 2.07. The van der Waals surface area contributed by atoms with Crippen molar-refractivity contribution < 1.29 is 14.5 Å². The lowest BCUT2D eigenvalue weighted by Gasteiger charge is -2.08. The molecule has 0 fully saturated rings. The topological polar surface area (TPSA) is 81.5 Å². The van der Waals surface area contributed by atoms with Gasteiger partial charge in [0.15, 0.2) is 5.76 Å². The van der Waals surface area contributed by atoms with E-state index in [-0.39, 0.29) is 5.76 Å². The van der Waals surface area contributed by atoms with E-state index in [2.05, 4.69) is 11.9 Å². The first-order valence-electron chi connectivity index (χ1n) is 5.90. The Morgan fingerprint density at radius 1 is 1.30 bits per heavy atom. The molecule has 0 aromatic heterocycles. The summed E-state index contributed by atoms with van der Waals surface area (Å²) < 4.78 is 4.79. The van der Waals surface area contributed by atoms with Crippen molar-refractivity contribution in [1.82, 2.24) is 5.32 Å². The van der Waals surface area contributed by atoms with Gasteiger partial charge < -0.3 is 10.1 Å². The van der Waals surface area contributed by atoms with Gasteiger partial charge in [0.25, 0.3) is 5.91 Å². The molecule has 0 aromatic rings. The maximum absolute atomic E-state index is 11.9. The predicted molar refractivity (Wildman–Crippen MR) is 76.8 cm³/mol. The highest BCUT2D eigenvalue weighted by atomic mass is 16.7. The van der Waals surface area contributed by atoms with E-state index >= 15 is 0 Å². The molecule has 108 valence electrons. The van der Waals surface area contributed by atoms with Crippen LogP contribution in [0.3, 0.4) is 0 Å². The highest BCUT2D eigenvalue weighted by molar-refractivity contribution is 5.93. The second-order valence-electron chi connectivity index (χ2n) is 3.51. The number of allylic oxidation sites excluding steroid dienone is 6. The third-order valence-electron chi connectivity index (χ3n) is 1.99. The number of amides is 1. The Morgan fingerprint density at radius 3 is 2.40 bits per heavy atom. The van der Waals surface area contributed by atoms with Gasteiger partial charge in [-0.15, -0.1) is 0 Å². The van der Waals surface area contributed by atoms with Gasteiger partial charge in [0.2, 0.25) is 0 Å². The van der Waals surface area contributed by atoms with Crippen LogP contribution in [0.15, 0.2) is 60.4 Å². The Morgan fingerprint density at radius 2 is 1.95 bits per heavy atom. The molecule has 0 rings (SSSR count). The summed E-state index contributed by atoms with van der Waals surface area (Å²) in [6.07, 6.45) is 10.0. The minimum atomic E-state index is -0.806. The van der Waals surface area contributed by atoms with Gasteiger partial charge in [-0.1, -0.05) is 18.2 Å². The van der Waals surface area contributed by atoms with Crippen LogP contribution in [-0.2, 0) is 9.53 Å². The number of carbonyl (C=O) groups excluding carboxylic acids is 1. The second-order valence-corrected chi connectivity index (χ2v) is 3.51.